The Balaban J connectivity index is 3.95. The Morgan fingerprint density at radius 1 is 0.303 bits per heavy atom. The zero-order valence-corrected chi connectivity index (χ0v) is 65.6. The molecule has 0 rings (SSSR count). The normalized spacial score (nSPS) is 13.2. The van der Waals surface area contributed by atoms with Gasteiger partial charge in [0.25, 0.3) is 6.29 Å². The van der Waals surface area contributed by atoms with Crippen molar-refractivity contribution in [3.05, 3.63) is 109 Å². The first-order valence-electron chi connectivity index (χ1n) is 42.1. The summed E-state index contributed by atoms with van der Waals surface area (Å²) in [5.41, 5.74) is 0. The first kappa shape index (κ1) is 94.9. The lowest BCUT2D eigenvalue weighted by Crippen LogP contribution is -2.40. The van der Waals surface area contributed by atoms with E-state index >= 15 is 0 Å². The minimum absolute atomic E-state index is 0.179. The van der Waals surface area contributed by atoms with Crippen molar-refractivity contribution in [1.82, 2.24) is 0 Å². The fourth-order valence-electron chi connectivity index (χ4n) is 12.2. The Morgan fingerprint density at radius 3 is 0.808 bits per heavy atom. The van der Waals surface area contributed by atoms with Gasteiger partial charge in [-0.2, -0.15) is 0 Å². The van der Waals surface area contributed by atoms with Crippen molar-refractivity contribution in [2.24, 2.45) is 0 Å². The van der Waals surface area contributed by atoms with E-state index in [4.69, 9.17) is 18.9 Å². The van der Waals surface area contributed by atoms with Gasteiger partial charge in [-0.25, -0.2) is 4.79 Å². The molecule has 0 spiro atoms. The minimum atomic E-state index is -1.51. The molecule has 1 N–H and O–H groups in total. The molecular weight excluding hydrogens is 1220 g/mol. The third-order valence-electron chi connectivity index (χ3n) is 18.5. The van der Waals surface area contributed by atoms with Gasteiger partial charge >= 0.3 is 17.9 Å². The van der Waals surface area contributed by atoms with Crippen molar-refractivity contribution < 1.29 is 42.9 Å². The number of quaternary nitrogens is 1. The molecule has 2 atom stereocenters. The number of allylic oxidation sites excluding steroid dienone is 18. The summed E-state index contributed by atoms with van der Waals surface area (Å²) in [7, 11) is 6.00. The average molecular weight is 1380 g/mol. The van der Waals surface area contributed by atoms with Gasteiger partial charge < -0.3 is 28.5 Å². The van der Waals surface area contributed by atoms with Crippen LogP contribution in [0.3, 0.4) is 0 Å². The maximum absolute atomic E-state index is 13.0. The fraction of sp³-hybridized carbons (Fsp3) is 0.767. The molecule has 0 radical (unpaired) electrons. The van der Waals surface area contributed by atoms with Crippen LogP contribution in [0.2, 0.25) is 0 Å². The molecule has 2 unspecified atom stereocenters. The summed E-state index contributed by atoms with van der Waals surface area (Å²) in [6.07, 6.45) is 110. The van der Waals surface area contributed by atoms with Gasteiger partial charge in [0.05, 0.1) is 34.4 Å². The average Bonchev–Trinajstić information content (AvgIpc) is 2.62. The van der Waals surface area contributed by atoms with Crippen LogP contribution < -0.4 is 0 Å². The number of esters is 2. The van der Waals surface area contributed by atoms with Crippen molar-refractivity contribution in [2.75, 3.05) is 47.5 Å². The van der Waals surface area contributed by atoms with Crippen LogP contribution in [-0.4, -0.2) is 87.4 Å². The van der Waals surface area contributed by atoms with Gasteiger partial charge in [-0.05, 0) is 96.3 Å². The van der Waals surface area contributed by atoms with Gasteiger partial charge in [-0.15, -0.1) is 0 Å². The molecule has 0 aliphatic rings. The zero-order chi connectivity index (χ0) is 71.8. The Morgan fingerprint density at radius 2 is 0.545 bits per heavy atom. The highest BCUT2D eigenvalue weighted by Gasteiger charge is 2.25. The summed E-state index contributed by atoms with van der Waals surface area (Å²) in [6.45, 7) is 4.71. The predicted molar refractivity (Wildman–Crippen MR) is 428 cm³/mol. The predicted octanol–water partition coefficient (Wildman–Crippen LogP) is 27.3. The van der Waals surface area contributed by atoms with Crippen LogP contribution in [0, 0.1) is 0 Å². The number of hydrogen-bond acceptors (Lipinski definition) is 7. The number of carbonyl (C=O) groups is 3. The second-order valence-corrected chi connectivity index (χ2v) is 29.4. The quantitative estimate of drug-likeness (QED) is 0.0211. The van der Waals surface area contributed by atoms with Crippen molar-refractivity contribution in [3.63, 3.8) is 0 Å². The van der Waals surface area contributed by atoms with Crippen LogP contribution in [0.15, 0.2) is 109 Å². The number of likely N-dealkylation sites (N-methyl/N-ethyl adjacent to an activating group) is 1. The van der Waals surface area contributed by atoms with Gasteiger partial charge in [-0.3, -0.25) is 9.59 Å². The monoisotopic (exact) mass is 1380 g/mol. The summed E-state index contributed by atoms with van der Waals surface area (Å²) < 4.78 is 23.1. The van der Waals surface area contributed by atoms with E-state index in [-0.39, 0.29) is 38.2 Å². The fourth-order valence-corrected chi connectivity index (χ4v) is 12.2. The maximum atomic E-state index is 13.0. The lowest BCUT2D eigenvalue weighted by Gasteiger charge is -2.25. The van der Waals surface area contributed by atoms with E-state index in [0.29, 0.717) is 17.4 Å². The second kappa shape index (κ2) is 79.6. The highest BCUT2D eigenvalue weighted by molar-refractivity contribution is 5.71. The van der Waals surface area contributed by atoms with Gasteiger partial charge in [0.15, 0.2) is 6.10 Å². The van der Waals surface area contributed by atoms with E-state index in [9.17, 15) is 19.5 Å². The molecule has 0 bridgehead atoms. The molecule has 99 heavy (non-hydrogen) atoms. The van der Waals surface area contributed by atoms with Crippen LogP contribution in [0.5, 0.6) is 0 Å². The zero-order valence-electron chi connectivity index (χ0n) is 65.6. The van der Waals surface area contributed by atoms with E-state index in [1.807, 2.05) is 21.1 Å². The van der Waals surface area contributed by atoms with E-state index in [2.05, 4.69) is 123 Å². The Hall–Kier alpha value is -4.05. The number of nitrogens with zero attached hydrogens (tertiary/aromatic N) is 1. The Labute approximate surface area is 613 Å². The van der Waals surface area contributed by atoms with E-state index in [1.165, 1.54) is 263 Å². The molecule has 9 heteroatoms. The van der Waals surface area contributed by atoms with Crippen LogP contribution in [0.4, 0.5) is 0 Å². The van der Waals surface area contributed by atoms with Gasteiger partial charge in [0.2, 0.25) is 0 Å². The summed E-state index contributed by atoms with van der Waals surface area (Å²) in [5, 5.41) is 9.79. The molecule has 0 saturated carbocycles. The smallest absolute Gasteiger partial charge is 0.361 e. The van der Waals surface area contributed by atoms with Crippen LogP contribution >= 0.6 is 0 Å². The van der Waals surface area contributed by atoms with Crippen LogP contribution in [-0.2, 0) is 33.3 Å². The first-order chi connectivity index (χ1) is 48.6. The lowest BCUT2D eigenvalue weighted by molar-refractivity contribution is -0.870. The van der Waals surface area contributed by atoms with Crippen molar-refractivity contribution in [2.45, 2.75) is 399 Å². The summed E-state index contributed by atoms with van der Waals surface area (Å²) >= 11 is 0. The molecule has 9 nitrogen and oxygen atoms in total. The molecule has 572 valence electrons. The largest absolute Gasteiger partial charge is 0.477 e. The van der Waals surface area contributed by atoms with E-state index < -0.39 is 18.4 Å². The Kier molecular flexibility index (Phi) is 76.4. The molecule has 0 fully saturated rings. The van der Waals surface area contributed by atoms with Crippen molar-refractivity contribution in [3.8, 4) is 0 Å². The van der Waals surface area contributed by atoms with E-state index in [1.54, 1.807) is 0 Å². The number of carbonyl (C=O) groups excluding carboxylic acids is 2. The summed E-state index contributed by atoms with van der Waals surface area (Å²) in [6, 6.07) is 0. The molecule has 0 amide bonds. The topological polar surface area (TPSA) is 108 Å². The molecule has 0 aromatic carbocycles. The SMILES string of the molecule is CC/C=C\C/C=C\C/C=C\C/C=C\C/C=C\CCCCCCCCCCCCCCCCCCCCCCCCCCCC(=O)OC(COC(=O)CCCCCCCCCCCCCCCCCCCCCC/C=C\C/C=C\C/C=C\C/C=C\CC)COC(OCC[N+](C)(C)C)C(=O)O. The molecule has 0 aromatic rings. The number of aliphatic carboxylic acids is 1. The second-order valence-electron chi connectivity index (χ2n) is 29.4. The van der Waals surface area contributed by atoms with Gasteiger partial charge in [0.1, 0.15) is 13.2 Å². The molecule has 0 aromatic heterocycles. The number of carboxylic acid groups (broad SMARTS) is 1. The Bertz CT molecular complexity index is 2000. The van der Waals surface area contributed by atoms with Crippen LogP contribution in [0.25, 0.3) is 0 Å². The van der Waals surface area contributed by atoms with Crippen LogP contribution in [0.1, 0.15) is 386 Å². The molecular formula is C90H160NO8+. The summed E-state index contributed by atoms with van der Waals surface area (Å²) in [5.74, 6) is -1.98. The first-order valence-corrected chi connectivity index (χ1v) is 42.1. The van der Waals surface area contributed by atoms with Crippen molar-refractivity contribution in [1.29, 1.82) is 0 Å². The highest BCUT2D eigenvalue weighted by atomic mass is 16.7. The molecule has 0 aliphatic heterocycles. The number of unbranched alkanes of at least 4 members (excludes halogenated alkanes) is 45. The number of carboxylic acids is 1. The molecule has 0 aliphatic carbocycles. The van der Waals surface area contributed by atoms with E-state index in [0.717, 1.165) is 96.3 Å². The summed E-state index contributed by atoms with van der Waals surface area (Å²) in [4.78, 5) is 37.8. The molecule has 0 saturated heterocycles. The number of hydrogen-bond donors (Lipinski definition) is 1. The van der Waals surface area contributed by atoms with Gasteiger partial charge in [0, 0.05) is 12.8 Å². The minimum Gasteiger partial charge on any atom is -0.477 e. The van der Waals surface area contributed by atoms with Crippen molar-refractivity contribution >= 4 is 17.9 Å². The standard InChI is InChI=1S/C90H159NO8/c1-6-8-10-12-14-16-18-20-22-24-26-28-30-32-34-36-38-40-41-42-43-44-45-46-47-49-51-53-55-57-59-61-63-65-67-69-71-73-75-77-79-81-88(93)99-86(85-98-90(89(94)95)96-83-82-91(3,4)5)84-97-87(92)80-78-76-74-72-70-68-66-64-62-60-58-56-54-52-50-48-39-37-35-33-31-29-27-25-23-21-19-17-15-13-11-9-7-2/h8-11,14-17,20-23,26-29,32,34,86,90H,6-7,12-13,18-19,24-25,30-31,33,35-85H2,1-5H3/p+1/b10-8-,11-9-,16-14-,17-15-,22-20-,23-21-,28-26-,29-27-,34-32-. The molecule has 0 heterocycles. The third-order valence-corrected chi connectivity index (χ3v) is 18.5. The van der Waals surface area contributed by atoms with Gasteiger partial charge in [-0.1, -0.05) is 386 Å². The number of ether oxygens (including phenoxy) is 4. The number of rotatable bonds is 78. The maximum Gasteiger partial charge on any atom is 0.361 e. The third kappa shape index (κ3) is 81.1. The highest BCUT2D eigenvalue weighted by Crippen LogP contribution is 2.20. The lowest BCUT2D eigenvalue weighted by atomic mass is 10.0.